The number of anilines is 1. The number of rotatable bonds is 6. The molecule has 5 nitrogen and oxygen atoms in total. The highest BCUT2D eigenvalue weighted by molar-refractivity contribution is 6.30. The first-order valence-electron chi connectivity index (χ1n) is 8.56. The van der Waals surface area contributed by atoms with E-state index in [2.05, 4.69) is 5.32 Å². The standard InChI is InChI=1S/C22H15ClFNO4/c23-15-11-9-14(10-12-15)21(27)25-19-8-4-2-6-17(19)22(28)29-13-20(26)16-5-1-3-7-18(16)24/h1-12H,13H2,(H,25,27). The Kier molecular flexibility index (Phi) is 6.36. The Morgan fingerprint density at radius 2 is 1.48 bits per heavy atom. The molecule has 1 N–H and O–H groups in total. The lowest BCUT2D eigenvalue weighted by Gasteiger charge is -2.11. The monoisotopic (exact) mass is 411 g/mol. The van der Waals surface area contributed by atoms with Crippen molar-refractivity contribution in [2.75, 3.05) is 11.9 Å². The van der Waals surface area contributed by atoms with Crippen LogP contribution in [0.2, 0.25) is 5.02 Å². The van der Waals surface area contributed by atoms with Crippen LogP contribution in [0.15, 0.2) is 72.8 Å². The molecule has 0 aliphatic heterocycles. The summed E-state index contributed by atoms with van der Waals surface area (Å²) in [6, 6.07) is 17.9. The van der Waals surface area contributed by atoms with Gasteiger partial charge in [-0.1, -0.05) is 35.9 Å². The summed E-state index contributed by atoms with van der Waals surface area (Å²) in [5.41, 5.74) is 0.476. The minimum absolute atomic E-state index is 0.0659. The first-order valence-corrected chi connectivity index (χ1v) is 8.94. The maximum Gasteiger partial charge on any atom is 0.340 e. The van der Waals surface area contributed by atoms with E-state index in [1.165, 1.54) is 30.3 Å². The van der Waals surface area contributed by atoms with Gasteiger partial charge in [-0.15, -0.1) is 0 Å². The van der Waals surface area contributed by atoms with E-state index in [4.69, 9.17) is 16.3 Å². The maximum atomic E-state index is 13.7. The number of hydrogen-bond acceptors (Lipinski definition) is 4. The number of ether oxygens (including phenoxy) is 1. The van der Waals surface area contributed by atoms with E-state index >= 15 is 0 Å². The minimum Gasteiger partial charge on any atom is -0.454 e. The Balaban J connectivity index is 1.70. The third-order valence-corrected chi connectivity index (χ3v) is 4.26. The topological polar surface area (TPSA) is 72.5 Å². The van der Waals surface area contributed by atoms with Gasteiger partial charge in [-0.2, -0.15) is 0 Å². The first kappa shape index (κ1) is 20.2. The Morgan fingerprint density at radius 1 is 0.862 bits per heavy atom. The van der Waals surface area contributed by atoms with E-state index in [9.17, 15) is 18.8 Å². The van der Waals surface area contributed by atoms with Crippen LogP contribution in [0.25, 0.3) is 0 Å². The molecule has 0 unspecified atom stereocenters. The number of nitrogens with one attached hydrogen (secondary N) is 1. The van der Waals surface area contributed by atoms with Crippen molar-refractivity contribution in [1.29, 1.82) is 0 Å². The molecule has 0 aromatic heterocycles. The quantitative estimate of drug-likeness (QED) is 0.468. The normalized spacial score (nSPS) is 10.3. The van der Waals surface area contributed by atoms with Crippen molar-refractivity contribution in [2.45, 2.75) is 0 Å². The van der Waals surface area contributed by atoms with Gasteiger partial charge >= 0.3 is 5.97 Å². The zero-order valence-electron chi connectivity index (χ0n) is 15.0. The van der Waals surface area contributed by atoms with Crippen LogP contribution in [0.3, 0.4) is 0 Å². The Labute approximate surface area is 171 Å². The summed E-state index contributed by atoms with van der Waals surface area (Å²) in [5, 5.41) is 3.12. The van der Waals surface area contributed by atoms with Gasteiger partial charge in [0.25, 0.3) is 5.91 Å². The van der Waals surface area contributed by atoms with Crippen LogP contribution in [0.5, 0.6) is 0 Å². The summed E-state index contributed by atoms with van der Waals surface area (Å²) in [5.74, 6) is -2.62. The van der Waals surface area contributed by atoms with Gasteiger partial charge in [-0.05, 0) is 48.5 Å². The van der Waals surface area contributed by atoms with Crippen molar-refractivity contribution in [3.8, 4) is 0 Å². The van der Waals surface area contributed by atoms with E-state index < -0.39 is 30.1 Å². The Morgan fingerprint density at radius 3 is 2.17 bits per heavy atom. The number of para-hydroxylation sites is 1. The second kappa shape index (κ2) is 9.12. The third kappa shape index (κ3) is 5.06. The van der Waals surface area contributed by atoms with Crippen LogP contribution in [-0.4, -0.2) is 24.3 Å². The molecule has 0 saturated carbocycles. The van der Waals surface area contributed by atoms with Crippen LogP contribution >= 0.6 is 11.6 Å². The van der Waals surface area contributed by atoms with Crippen LogP contribution in [0, 0.1) is 5.82 Å². The molecule has 0 saturated heterocycles. The Bertz CT molecular complexity index is 1070. The van der Waals surface area contributed by atoms with Crippen molar-refractivity contribution in [3.63, 3.8) is 0 Å². The number of benzene rings is 3. The Hall–Kier alpha value is -3.51. The first-order chi connectivity index (χ1) is 14.0. The predicted octanol–water partition coefficient (Wildman–Crippen LogP) is 4.77. The number of esters is 1. The molecular weight excluding hydrogens is 397 g/mol. The molecule has 3 aromatic carbocycles. The summed E-state index contributed by atoms with van der Waals surface area (Å²) >= 11 is 5.81. The fraction of sp³-hybridized carbons (Fsp3) is 0.0455. The predicted molar refractivity (Wildman–Crippen MR) is 107 cm³/mol. The summed E-state index contributed by atoms with van der Waals surface area (Å²) < 4.78 is 18.7. The van der Waals surface area contributed by atoms with Gasteiger partial charge in [0, 0.05) is 10.6 Å². The molecule has 0 aliphatic carbocycles. The number of Topliss-reactive ketones (excluding diaryl/α,β-unsaturated/α-hetero) is 1. The van der Waals surface area contributed by atoms with Gasteiger partial charge in [-0.25, -0.2) is 9.18 Å². The SMILES string of the molecule is O=C(Nc1ccccc1C(=O)OCC(=O)c1ccccc1F)c1ccc(Cl)cc1. The molecule has 146 valence electrons. The van der Waals surface area contributed by atoms with Crippen molar-refractivity contribution >= 4 is 34.9 Å². The largest absolute Gasteiger partial charge is 0.454 e. The van der Waals surface area contributed by atoms with Crippen LogP contribution in [-0.2, 0) is 4.74 Å². The molecule has 0 spiro atoms. The van der Waals surface area contributed by atoms with Crippen LogP contribution < -0.4 is 5.32 Å². The average Bonchev–Trinajstić information content (AvgIpc) is 2.73. The van der Waals surface area contributed by atoms with E-state index in [-0.39, 0.29) is 16.8 Å². The van der Waals surface area contributed by atoms with Crippen molar-refractivity contribution in [3.05, 3.63) is 100 Å². The summed E-state index contributed by atoms with van der Waals surface area (Å²) in [6.45, 7) is -0.626. The van der Waals surface area contributed by atoms with Gasteiger partial charge in [0.2, 0.25) is 5.78 Å². The van der Waals surface area contributed by atoms with Gasteiger partial charge < -0.3 is 10.1 Å². The molecule has 0 bridgehead atoms. The minimum atomic E-state index is -0.818. The number of carbonyl (C=O) groups excluding carboxylic acids is 3. The zero-order chi connectivity index (χ0) is 20.8. The molecule has 3 rings (SSSR count). The smallest absolute Gasteiger partial charge is 0.340 e. The van der Waals surface area contributed by atoms with Crippen LogP contribution in [0.1, 0.15) is 31.1 Å². The molecule has 0 heterocycles. The van der Waals surface area contributed by atoms with Crippen molar-refractivity contribution in [2.24, 2.45) is 0 Å². The fourth-order valence-electron chi connectivity index (χ4n) is 2.54. The molecule has 0 radical (unpaired) electrons. The number of ketones is 1. The lowest BCUT2D eigenvalue weighted by Crippen LogP contribution is -2.18. The van der Waals surface area contributed by atoms with E-state index in [0.29, 0.717) is 10.6 Å². The number of hydrogen-bond donors (Lipinski definition) is 1. The highest BCUT2D eigenvalue weighted by atomic mass is 35.5. The van der Waals surface area contributed by atoms with Gasteiger partial charge in [0.05, 0.1) is 16.8 Å². The van der Waals surface area contributed by atoms with E-state index in [1.807, 2.05) is 0 Å². The number of amides is 1. The molecule has 0 atom stereocenters. The molecule has 0 fully saturated rings. The third-order valence-electron chi connectivity index (χ3n) is 4.01. The average molecular weight is 412 g/mol. The van der Waals surface area contributed by atoms with Gasteiger partial charge in [0.1, 0.15) is 5.82 Å². The van der Waals surface area contributed by atoms with Gasteiger partial charge in [-0.3, -0.25) is 9.59 Å². The number of carbonyl (C=O) groups is 3. The number of halogens is 2. The molecule has 1 amide bonds. The van der Waals surface area contributed by atoms with Crippen molar-refractivity contribution < 1.29 is 23.5 Å². The molecule has 3 aromatic rings. The van der Waals surface area contributed by atoms with Gasteiger partial charge in [0.15, 0.2) is 6.61 Å². The summed E-state index contributed by atoms with van der Waals surface area (Å²) in [6.07, 6.45) is 0. The molecule has 0 aliphatic rings. The lowest BCUT2D eigenvalue weighted by atomic mass is 10.1. The zero-order valence-corrected chi connectivity index (χ0v) is 15.8. The second-order valence-electron chi connectivity index (χ2n) is 5.99. The highest BCUT2D eigenvalue weighted by Crippen LogP contribution is 2.19. The molecule has 7 heteroatoms. The van der Waals surface area contributed by atoms with Crippen LogP contribution in [0.4, 0.5) is 10.1 Å². The fourth-order valence-corrected chi connectivity index (χ4v) is 2.67. The maximum absolute atomic E-state index is 13.7. The van der Waals surface area contributed by atoms with E-state index in [0.717, 1.165) is 6.07 Å². The van der Waals surface area contributed by atoms with Crippen molar-refractivity contribution in [1.82, 2.24) is 0 Å². The second-order valence-corrected chi connectivity index (χ2v) is 6.42. The van der Waals surface area contributed by atoms with E-state index in [1.54, 1.807) is 36.4 Å². The molecular formula is C22H15ClFNO4. The summed E-state index contributed by atoms with van der Waals surface area (Å²) in [4.78, 5) is 36.9. The summed E-state index contributed by atoms with van der Waals surface area (Å²) in [7, 11) is 0. The molecule has 29 heavy (non-hydrogen) atoms. The lowest BCUT2D eigenvalue weighted by molar-refractivity contribution is 0.0474. The highest BCUT2D eigenvalue weighted by Gasteiger charge is 2.18.